The molecule has 0 atom stereocenters. The lowest BCUT2D eigenvalue weighted by Gasteiger charge is -1.99. The van der Waals surface area contributed by atoms with Crippen molar-refractivity contribution in [2.24, 2.45) is 0 Å². The maximum absolute atomic E-state index is 13.0. The number of carbonyl (C=O) groups excluding carboxylic acids is 2. The van der Waals surface area contributed by atoms with Gasteiger partial charge in [-0.15, -0.1) is 0 Å². The van der Waals surface area contributed by atoms with E-state index in [1.807, 2.05) is 0 Å². The Morgan fingerprint density at radius 2 is 2.08 bits per heavy atom. The van der Waals surface area contributed by atoms with Crippen LogP contribution in [0.25, 0.3) is 11.3 Å². The van der Waals surface area contributed by atoms with Gasteiger partial charge < -0.3 is 5.32 Å². The van der Waals surface area contributed by atoms with Gasteiger partial charge in [0.1, 0.15) is 16.4 Å². The quantitative estimate of drug-likeness (QED) is 0.659. The Morgan fingerprint density at radius 1 is 1.27 bits per heavy atom. The first-order valence-electron chi connectivity index (χ1n) is 8.01. The number of hydrogen-bond donors (Lipinski definition) is 3. The number of nitrogens with one attached hydrogen (secondary N) is 3. The van der Waals surface area contributed by atoms with Crippen LogP contribution in [0, 0.1) is 5.82 Å². The number of carbonyl (C=O) groups is 2. The smallest absolute Gasteiger partial charge is 0.275 e. The van der Waals surface area contributed by atoms with E-state index in [2.05, 4.69) is 25.8 Å². The zero-order valence-electron chi connectivity index (χ0n) is 13.5. The van der Waals surface area contributed by atoms with E-state index in [0.29, 0.717) is 39.9 Å². The minimum atomic E-state index is -0.407. The van der Waals surface area contributed by atoms with Crippen LogP contribution in [0.5, 0.6) is 0 Å². The number of halogens is 1. The zero-order valence-corrected chi connectivity index (χ0v) is 14.3. The van der Waals surface area contributed by atoms with Crippen LogP contribution in [-0.4, -0.2) is 33.5 Å². The van der Waals surface area contributed by atoms with Crippen LogP contribution in [0.2, 0.25) is 0 Å². The van der Waals surface area contributed by atoms with E-state index >= 15 is 0 Å². The molecule has 2 amide bonds. The number of thiazole rings is 1. The van der Waals surface area contributed by atoms with Crippen LogP contribution in [-0.2, 0) is 6.42 Å². The lowest BCUT2D eigenvalue weighted by molar-refractivity contribution is 0.0958. The van der Waals surface area contributed by atoms with Gasteiger partial charge in [0.25, 0.3) is 11.8 Å². The second-order valence-electron chi connectivity index (χ2n) is 5.78. The van der Waals surface area contributed by atoms with Crippen LogP contribution < -0.4 is 10.6 Å². The van der Waals surface area contributed by atoms with Crippen molar-refractivity contribution in [2.75, 3.05) is 11.9 Å². The van der Waals surface area contributed by atoms with Crippen molar-refractivity contribution in [3.05, 3.63) is 52.4 Å². The van der Waals surface area contributed by atoms with E-state index in [1.165, 1.54) is 12.1 Å². The van der Waals surface area contributed by atoms with Gasteiger partial charge in [-0.05, 0) is 43.2 Å². The summed E-state index contributed by atoms with van der Waals surface area (Å²) in [5.74, 6) is -0.902. The largest absolute Gasteiger partial charge is 0.351 e. The van der Waals surface area contributed by atoms with Crippen LogP contribution >= 0.6 is 11.3 Å². The second-order valence-corrected chi connectivity index (χ2v) is 6.78. The fourth-order valence-electron chi connectivity index (χ4n) is 2.66. The van der Waals surface area contributed by atoms with Crippen molar-refractivity contribution < 1.29 is 14.0 Å². The number of hydrogen-bond acceptors (Lipinski definition) is 5. The van der Waals surface area contributed by atoms with Crippen molar-refractivity contribution in [1.82, 2.24) is 20.5 Å². The highest BCUT2D eigenvalue weighted by molar-refractivity contribution is 7.17. The number of fused-ring (bicyclic) bond motifs is 1. The van der Waals surface area contributed by atoms with Gasteiger partial charge in [-0.1, -0.05) is 11.3 Å². The molecule has 1 aromatic carbocycles. The van der Waals surface area contributed by atoms with Crippen LogP contribution in [0.15, 0.2) is 30.3 Å². The summed E-state index contributed by atoms with van der Waals surface area (Å²) in [4.78, 5) is 29.2. The van der Waals surface area contributed by atoms with Gasteiger partial charge in [0.15, 0.2) is 5.13 Å². The summed E-state index contributed by atoms with van der Waals surface area (Å²) in [6.45, 7) is 0.629. The Kier molecular flexibility index (Phi) is 4.21. The number of aromatic amines is 1. The summed E-state index contributed by atoms with van der Waals surface area (Å²) in [6.07, 6.45) is 1.51. The molecule has 7 nitrogen and oxygen atoms in total. The molecule has 2 aromatic heterocycles. The minimum Gasteiger partial charge on any atom is -0.351 e. The van der Waals surface area contributed by atoms with Crippen LogP contribution in [0.4, 0.5) is 9.52 Å². The molecule has 0 saturated heterocycles. The highest BCUT2D eigenvalue weighted by atomic mass is 32.1. The molecule has 1 aliphatic heterocycles. The molecule has 1 aliphatic rings. The van der Waals surface area contributed by atoms with E-state index < -0.39 is 5.91 Å². The number of nitrogens with zero attached hydrogens (tertiary/aromatic N) is 2. The Morgan fingerprint density at radius 3 is 2.88 bits per heavy atom. The van der Waals surface area contributed by atoms with E-state index in [0.717, 1.165) is 17.8 Å². The predicted octanol–water partition coefficient (Wildman–Crippen LogP) is 2.60. The number of anilines is 1. The molecule has 4 rings (SSSR count). The lowest BCUT2D eigenvalue weighted by Crippen LogP contribution is -2.21. The minimum absolute atomic E-state index is 0.157. The van der Waals surface area contributed by atoms with Gasteiger partial charge in [-0.3, -0.25) is 20.0 Å². The molecule has 26 heavy (non-hydrogen) atoms. The molecule has 0 fully saturated rings. The van der Waals surface area contributed by atoms with Crippen molar-refractivity contribution in [2.45, 2.75) is 12.8 Å². The standard InChI is InChI=1S/C17H14FN5O2S/c18-10-5-3-9(4-6-10)12-8-13(23-22-12)15(24)21-17-20-11-2-1-7-19-16(25)14(11)26-17/h3-6,8H,1-2,7H2,(H,19,25)(H,22,23)(H,20,21,24). The molecule has 0 aliphatic carbocycles. The van der Waals surface area contributed by atoms with Gasteiger partial charge in [0, 0.05) is 12.1 Å². The van der Waals surface area contributed by atoms with Crippen LogP contribution in [0.1, 0.15) is 32.3 Å². The number of rotatable bonds is 3. The Balaban J connectivity index is 1.51. The normalized spacial score (nSPS) is 13.7. The molecular weight excluding hydrogens is 357 g/mol. The maximum Gasteiger partial charge on any atom is 0.275 e. The highest BCUT2D eigenvalue weighted by Crippen LogP contribution is 2.26. The van der Waals surface area contributed by atoms with Gasteiger partial charge in [-0.25, -0.2) is 9.37 Å². The Hall–Kier alpha value is -3.07. The van der Waals surface area contributed by atoms with Crippen molar-refractivity contribution in [1.29, 1.82) is 0 Å². The summed E-state index contributed by atoms with van der Waals surface area (Å²) in [6, 6.07) is 7.41. The fourth-order valence-corrected chi connectivity index (χ4v) is 3.58. The first-order valence-corrected chi connectivity index (χ1v) is 8.82. The highest BCUT2D eigenvalue weighted by Gasteiger charge is 2.22. The first kappa shape index (κ1) is 16.4. The van der Waals surface area contributed by atoms with E-state index in [1.54, 1.807) is 18.2 Å². The molecule has 0 saturated carbocycles. The van der Waals surface area contributed by atoms with Crippen LogP contribution in [0.3, 0.4) is 0 Å². The van der Waals surface area contributed by atoms with Crippen molar-refractivity contribution in [3.8, 4) is 11.3 Å². The molecule has 9 heteroatoms. The van der Waals surface area contributed by atoms with Crippen molar-refractivity contribution in [3.63, 3.8) is 0 Å². The summed E-state index contributed by atoms with van der Waals surface area (Å²) < 4.78 is 13.0. The first-order chi connectivity index (χ1) is 12.6. The van der Waals surface area contributed by atoms with E-state index in [-0.39, 0.29) is 17.4 Å². The molecule has 0 unspecified atom stereocenters. The van der Waals surface area contributed by atoms with Gasteiger partial charge >= 0.3 is 0 Å². The molecule has 0 radical (unpaired) electrons. The average molecular weight is 371 g/mol. The predicted molar refractivity (Wildman–Crippen MR) is 94.7 cm³/mol. The lowest BCUT2D eigenvalue weighted by atomic mass is 10.1. The Labute approximate surface area is 151 Å². The topological polar surface area (TPSA) is 99.8 Å². The van der Waals surface area contributed by atoms with E-state index in [9.17, 15) is 14.0 Å². The summed E-state index contributed by atoms with van der Waals surface area (Å²) in [5, 5.41) is 12.6. The number of amides is 2. The fraction of sp³-hybridized carbons (Fsp3) is 0.176. The monoisotopic (exact) mass is 371 g/mol. The third-order valence-corrected chi connectivity index (χ3v) is 4.97. The number of aromatic nitrogens is 3. The molecule has 3 heterocycles. The summed E-state index contributed by atoms with van der Waals surface area (Å²) in [7, 11) is 0. The average Bonchev–Trinajstić information content (AvgIpc) is 3.23. The van der Waals surface area contributed by atoms with Crippen molar-refractivity contribution >= 4 is 28.3 Å². The molecule has 0 spiro atoms. The van der Waals surface area contributed by atoms with Gasteiger partial charge in [0.2, 0.25) is 0 Å². The van der Waals surface area contributed by atoms with E-state index in [4.69, 9.17) is 0 Å². The molecule has 3 aromatic rings. The zero-order chi connectivity index (χ0) is 18.1. The molecule has 3 N–H and O–H groups in total. The SMILES string of the molecule is O=C(Nc1nc2c(s1)C(=O)NCCC2)c1cc(-c2ccc(F)cc2)n[nH]1. The third kappa shape index (κ3) is 3.21. The number of H-pyrrole nitrogens is 1. The molecular formula is C17H14FN5O2S. The second kappa shape index (κ2) is 6.68. The molecule has 0 bridgehead atoms. The number of aryl methyl sites for hydroxylation is 1. The summed E-state index contributed by atoms with van der Waals surface area (Å²) >= 11 is 1.15. The third-order valence-electron chi connectivity index (χ3n) is 3.96. The maximum atomic E-state index is 13.0. The summed E-state index contributed by atoms with van der Waals surface area (Å²) in [5.41, 5.74) is 2.18. The van der Waals surface area contributed by atoms with Gasteiger partial charge in [-0.2, -0.15) is 5.10 Å². The molecule has 132 valence electrons. The Bertz CT molecular complexity index is 979. The number of benzene rings is 1. The van der Waals surface area contributed by atoms with Gasteiger partial charge in [0.05, 0.1) is 11.4 Å².